The lowest BCUT2D eigenvalue weighted by Crippen LogP contribution is -2.47. The van der Waals surface area contributed by atoms with Gasteiger partial charge >= 0.3 is 12.0 Å². The highest BCUT2D eigenvalue weighted by Gasteiger charge is 2.25. The van der Waals surface area contributed by atoms with E-state index in [9.17, 15) is 14.4 Å². The Bertz CT molecular complexity index is 643. The van der Waals surface area contributed by atoms with Crippen molar-refractivity contribution in [3.8, 4) is 5.75 Å². The number of amides is 3. The summed E-state index contributed by atoms with van der Waals surface area (Å²) < 4.78 is 11.4. The summed E-state index contributed by atoms with van der Waals surface area (Å²) in [6, 6.07) is 6.51. The summed E-state index contributed by atoms with van der Waals surface area (Å²) in [5, 5.41) is 4.93. The van der Waals surface area contributed by atoms with Crippen LogP contribution in [0.25, 0.3) is 0 Å². The van der Waals surface area contributed by atoms with Crippen LogP contribution in [0.15, 0.2) is 28.7 Å². The molecule has 1 aliphatic carbocycles. The van der Waals surface area contributed by atoms with Crippen LogP contribution < -0.4 is 15.4 Å². The summed E-state index contributed by atoms with van der Waals surface area (Å²) in [4.78, 5) is 35.8. The Hall–Kier alpha value is -2.09. The third-order valence-corrected chi connectivity index (χ3v) is 4.58. The second-order valence-electron chi connectivity index (χ2n) is 6.24. The predicted molar refractivity (Wildman–Crippen MR) is 98.7 cm³/mol. The molecule has 0 heterocycles. The SMILES string of the molecule is CC(OC(=O)C(C)Oc1ccc(Br)cc1)C(=O)NC(=O)NC1CCCC1. The van der Waals surface area contributed by atoms with E-state index in [0.717, 1.165) is 30.2 Å². The molecule has 1 aliphatic rings. The van der Waals surface area contributed by atoms with E-state index in [0.29, 0.717) is 5.75 Å². The Morgan fingerprint density at radius 3 is 2.31 bits per heavy atom. The average molecular weight is 427 g/mol. The van der Waals surface area contributed by atoms with Gasteiger partial charge in [0.2, 0.25) is 0 Å². The number of hydrogen-bond donors (Lipinski definition) is 2. The Morgan fingerprint density at radius 1 is 1.08 bits per heavy atom. The van der Waals surface area contributed by atoms with E-state index in [1.165, 1.54) is 13.8 Å². The zero-order valence-electron chi connectivity index (χ0n) is 14.8. The summed E-state index contributed by atoms with van der Waals surface area (Å²) in [5.74, 6) is -0.859. The molecule has 2 atom stereocenters. The molecule has 142 valence electrons. The van der Waals surface area contributed by atoms with Gasteiger partial charge in [0, 0.05) is 10.5 Å². The number of ether oxygens (including phenoxy) is 2. The molecule has 8 heteroatoms. The van der Waals surface area contributed by atoms with E-state index in [2.05, 4.69) is 26.6 Å². The average Bonchev–Trinajstić information content (AvgIpc) is 3.09. The van der Waals surface area contributed by atoms with Gasteiger partial charge in [0.15, 0.2) is 12.2 Å². The van der Waals surface area contributed by atoms with Crippen LogP contribution in [-0.4, -0.2) is 36.2 Å². The highest BCUT2D eigenvalue weighted by Crippen LogP contribution is 2.18. The van der Waals surface area contributed by atoms with Gasteiger partial charge in [0.1, 0.15) is 5.75 Å². The number of halogens is 1. The van der Waals surface area contributed by atoms with Gasteiger partial charge in [-0.1, -0.05) is 28.8 Å². The standard InChI is InChI=1S/C18H23BrN2O5/c1-11(16(22)21-18(24)20-14-5-3-4-6-14)26-17(23)12(2)25-15-9-7-13(19)8-10-15/h7-12,14H,3-6H2,1-2H3,(H2,20,21,22,24). The maximum absolute atomic E-state index is 12.1. The third-order valence-electron chi connectivity index (χ3n) is 4.05. The van der Waals surface area contributed by atoms with Gasteiger partial charge in [-0.05, 0) is 51.0 Å². The fourth-order valence-electron chi connectivity index (χ4n) is 2.59. The molecule has 0 saturated heterocycles. The summed E-state index contributed by atoms with van der Waals surface area (Å²) in [6.07, 6.45) is 1.98. The van der Waals surface area contributed by atoms with Crippen LogP contribution in [0.5, 0.6) is 5.75 Å². The summed E-state index contributed by atoms with van der Waals surface area (Å²) in [5.41, 5.74) is 0. The third kappa shape index (κ3) is 6.33. The summed E-state index contributed by atoms with van der Waals surface area (Å²) in [6.45, 7) is 2.93. The Balaban J connectivity index is 1.76. The Morgan fingerprint density at radius 2 is 1.69 bits per heavy atom. The minimum atomic E-state index is -1.10. The summed E-state index contributed by atoms with van der Waals surface area (Å²) >= 11 is 3.31. The van der Waals surface area contributed by atoms with E-state index >= 15 is 0 Å². The molecule has 0 aromatic heterocycles. The first-order chi connectivity index (χ1) is 12.3. The molecule has 0 spiro atoms. The smallest absolute Gasteiger partial charge is 0.347 e. The van der Waals surface area contributed by atoms with Crippen molar-refractivity contribution in [2.45, 2.75) is 57.8 Å². The molecule has 2 N–H and O–H groups in total. The maximum Gasteiger partial charge on any atom is 0.347 e. The molecule has 7 nitrogen and oxygen atoms in total. The van der Waals surface area contributed by atoms with Crippen LogP contribution in [0.2, 0.25) is 0 Å². The van der Waals surface area contributed by atoms with Gasteiger partial charge in [0.25, 0.3) is 5.91 Å². The Labute approximate surface area is 160 Å². The maximum atomic E-state index is 12.1. The summed E-state index contributed by atoms with van der Waals surface area (Å²) in [7, 11) is 0. The highest BCUT2D eigenvalue weighted by atomic mass is 79.9. The van der Waals surface area contributed by atoms with E-state index in [1.807, 2.05) is 0 Å². The number of benzene rings is 1. The highest BCUT2D eigenvalue weighted by molar-refractivity contribution is 9.10. The minimum absolute atomic E-state index is 0.0972. The number of nitrogens with one attached hydrogen (secondary N) is 2. The zero-order chi connectivity index (χ0) is 19.1. The van der Waals surface area contributed by atoms with E-state index in [4.69, 9.17) is 9.47 Å². The largest absolute Gasteiger partial charge is 0.479 e. The van der Waals surface area contributed by atoms with Gasteiger partial charge in [0.05, 0.1) is 0 Å². The van der Waals surface area contributed by atoms with Crippen LogP contribution in [-0.2, 0) is 14.3 Å². The quantitative estimate of drug-likeness (QED) is 0.681. The molecule has 1 aromatic rings. The molecule has 1 aromatic carbocycles. The van der Waals surface area contributed by atoms with Crippen LogP contribution in [0.3, 0.4) is 0 Å². The molecular weight excluding hydrogens is 404 g/mol. The van der Waals surface area contributed by atoms with Gasteiger partial charge in [-0.2, -0.15) is 0 Å². The monoisotopic (exact) mass is 426 g/mol. The van der Waals surface area contributed by atoms with Crippen molar-refractivity contribution in [1.29, 1.82) is 0 Å². The molecule has 26 heavy (non-hydrogen) atoms. The fraction of sp³-hybridized carbons (Fsp3) is 0.500. The number of imide groups is 1. The van der Waals surface area contributed by atoms with Crippen molar-refractivity contribution in [1.82, 2.24) is 10.6 Å². The first-order valence-electron chi connectivity index (χ1n) is 8.59. The molecule has 2 unspecified atom stereocenters. The Kier molecular flexibility index (Phi) is 7.44. The number of esters is 1. The molecular formula is C18H23BrN2O5. The number of urea groups is 1. The van der Waals surface area contributed by atoms with E-state index < -0.39 is 30.1 Å². The lowest BCUT2D eigenvalue weighted by atomic mass is 10.2. The van der Waals surface area contributed by atoms with Crippen LogP contribution in [0, 0.1) is 0 Å². The molecule has 2 rings (SSSR count). The van der Waals surface area contributed by atoms with Crippen molar-refractivity contribution in [2.75, 3.05) is 0 Å². The predicted octanol–water partition coefficient (Wildman–Crippen LogP) is 2.92. The zero-order valence-corrected chi connectivity index (χ0v) is 16.4. The molecule has 0 bridgehead atoms. The van der Waals surface area contributed by atoms with Crippen LogP contribution >= 0.6 is 15.9 Å². The van der Waals surface area contributed by atoms with E-state index in [-0.39, 0.29) is 6.04 Å². The lowest BCUT2D eigenvalue weighted by molar-refractivity contribution is -0.160. The van der Waals surface area contributed by atoms with Crippen molar-refractivity contribution in [2.24, 2.45) is 0 Å². The van der Waals surface area contributed by atoms with Gasteiger partial charge in [-0.15, -0.1) is 0 Å². The molecule has 3 amide bonds. The number of hydrogen-bond acceptors (Lipinski definition) is 5. The van der Waals surface area contributed by atoms with Crippen LogP contribution in [0.1, 0.15) is 39.5 Å². The molecule has 0 radical (unpaired) electrons. The second-order valence-corrected chi connectivity index (χ2v) is 7.15. The fourth-order valence-corrected chi connectivity index (χ4v) is 2.86. The molecule has 0 aliphatic heterocycles. The second kappa shape index (κ2) is 9.56. The minimum Gasteiger partial charge on any atom is -0.479 e. The van der Waals surface area contributed by atoms with Crippen molar-refractivity contribution >= 4 is 33.8 Å². The van der Waals surface area contributed by atoms with E-state index in [1.54, 1.807) is 24.3 Å². The van der Waals surface area contributed by atoms with Crippen molar-refractivity contribution in [3.63, 3.8) is 0 Å². The topological polar surface area (TPSA) is 93.7 Å². The van der Waals surface area contributed by atoms with Gasteiger partial charge in [-0.3, -0.25) is 10.1 Å². The normalized spacial score (nSPS) is 16.4. The number of carbonyl (C=O) groups excluding carboxylic acids is 3. The number of rotatable bonds is 6. The first-order valence-corrected chi connectivity index (χ1v) is 9.38. The van der Waals surface area contributed by atoms with Crippen molar-refractivity contribution in [3.05, 3.63) is 28.7 Å². The van der Waals surface area contributed by atoms with Gasteiger partial charge in [-0.25, -0.2) is 9.59 Å². The molecule has 1 fully saturated rings. The van der Waals surface area contributed by atoms with Crippen molar-refractivity contribution < 1.29 is 23.9 Å². The first kappa shape index (κ1) is 20.2. The van der Waals surface area contributed by atoms with Crippen LogP contribution in [0.4, 0.5) is 4.79 Å². The molecule has 1 saturated carbocycles. The lowest BCUT2D eigenvalue weighted by Gasteiger charge is -2.18. The number of carbonyl (C=O) groups is 3. The van der Waals surface area contributed by atoms with Gasteiger partial charge < -0.3 is 14.8 Å².